The molecule has 0 heterocycles. The number of aromatic carboxylic acids is 1. The van der Waals surface area contributed by atoms with Crippen molar-refractivity contribution in [1.29, 1.82) is 0 Å². The summed E-state index contributed by atoms with van der Waals surface area (Å²) in [6.45, 7) is 0. The predicted octanol–water partition coefficient (Wildman–Crippen LogP) is 3.36. The number of benzene rings is 2. The van der Waals surface area contributed by atoms with Crippen molar-refractivity contribution in [3.05, 3.63) is 53.1 Å². The lowest BCUT2D eigenvalue weighted by Gasteiger charge is -2.08. The Hall–Kier alpha value is -2.20. The molecule has 4 N–H and O–H groups in total. The summed E-state index contributed by atoms with van der Waals surface area (Å²) in [4.78, 5) is 10.9. The molecule has 2 aromatic rings. The average molecular weight is 263 g/mol. The maximum absolute atomic E-state index is 10.9. The number of carboxylic acid groups (broad SMARTS) is 1. The van der Waals surface area contributed by atoms with Gasteiger partial charge in [0.25, 0.3) is 0 Å². The van der Waals surface area contributed by atoms with Crippen LogP contribution in [-0.2, 0) is 0 Å². The lowest BCUT2D eigenvalue weighted by Crippen LogP contribution is -2.03. The highest BCUT2D eigenvalue weighted by molar-refractivity contribution is 6.30. The predicted molar refractivity (Wildman–Crippen MR) is 72.5 cm³/mol. The molecule has 0 spiro atoms. The van der Waals surface area contributed by atoms with E-state index in [1.54, 1.807) is 36.4 Å². The Bertz CT molecular complexity index is 582. The second-order valence-corrected chi connectivity index (χ2v) is 4.18. The van der Waals surface area contributed by atoms with Gasteiger partial charge in [-0.1, -0.05) is 11.6 Å². The number of hydrogen-bond donors (Lipinski definition) is 3. The largest absolute Gasteiger partial charge is 0.478 e. The maximum Gasteiger partial charge on any atom is 0.337 e. The molecule has 5 heteroatoms. The highest BCUT2D eigenvalue weighted by atomic mass is 35.5. The van der Waals surface area contributed by atoms with Gasteiger partial charge in [-0.3, -0.25) is 0 Å². The number of carbonyl (C=O) groups is 1. The van der Waals surface area contributed by atoms with Crippen molar-refractivity contribution >= 4 is 34.6 Å². The first-order valence-corrected chi connectivity index (χ1v) is 5.59. The highest BCUT2D eigenvalue weighted by Crippen LogP contribution is 2.22. The first-order valence-electron chi connectivity index (χ1n) is 5.21. The molecule has 0 bridgehead atoms. The molecular weight excluding hydrogens is 252 g/mol. The molecule has 0 aliphatic heterocycles. The molecule has 0 atom stereocenters. The van der Waals surface area contributed by atoms with Gasteiger partial charge in [0.15, 0.2) is 0 Å². The van der Waals surface area contributed by atoms with Crippen LogP contribution in [0, 0.1) is 0 Å². The van der Waals surface area contributed by atoms with E-state index >= 15 is 0 Å². The molecule has 0 aliphatic rings. The minimum absolute atomic E-state index is 0.0777. The average Bonchev–Trinajstić information content (AvgIpc) is 2.34. The normalized spacial score (nSPS) is 10.1. The van der Waals surface area contributed by atoms with E-state index in [-0.39, 0.29) is 11.3 Å². The summed E-state index contributed by atoms with van der Waals surface area (Å²) in [5.41, 5.74) is 7.37. The van der Waals surface area contributed by atoms with E-state index in [1.807, 2.05) is 0 Å². The number of nitrogens with two attached hydrogens (primary N) is 1. The van der Waals surface area contributed by atoms with Crippen LogP contribution < -0.4 is 11.1 Å². The molecule has 0 unspecified atom stereocenters. The van der Waals surface area contributed by atoms with Gasteiger partial charge >= 0.3 is 5.97 Å². The number of halogens is 1. The van der Waals surface area contributed by atoms with E-state index in [0.29, 0.717) is 10.7 Å². The summed E-state index contributed by atoms with van der Waals surface area (Å²) in [5, 5.41) is 12.7. The van der Waals surface area contributed by atoms with Crippen LogP contribution >= 0.6 is 11.6 Å². The molecular formula is C13H11ClN2O2. The van der Waals surface area contributed by atoms with E-state index in [0.717, 1.165) is 5.69 Å². The smallest absolute Gasteiger partial charge is 0.337 e. The first-order chi connectivity index (χ1) is 8.56. The van der Waals surface area contributed by atoms with Crippen molar-refractivity contribution in [3.63, 3.8) is 0 Å². The van der Waals surface area contributed by atoms with Crippen LogP contribution in [-0.4, -0.2) is 11.1 Å². The minimum Gasteiger partial charge on any atom is -0.478 e. The molecule has 92 valence electrons. The maximum atomic E-state index is 10.9. The number of hydrogen-bond acceptors (Lipinski definition) is 3. The molecule has 0 saturated heterocycles. The number of carboxylic acids is 1. The van der Waals surface area contributed by atoms with Crippen molar-refractivity contribution in [2.24, 2.45) is 0 Å². The summed E-state index contributed by atoms with van der Waals surface area (Å²) in [6, 6.07) is 11.9. The van der Waals surface area contributed by atoms with Crippen molar-refractivity contribution in [1.82, 2.24) is 0 Å². The zero-order valence-corrected chi connectivity index (χ0v) is 10.1. The SMILES string of the molecule is Nc1ccc(Nc2ccc(Cl)cc2)cc1C(=O)O. The van der Waals surface area contributed by atoms with Gasteiger partial charge in [-0.05, 0) is 42.5 Å². The summed E-state index contributed by atoms with van der Waals surface area (Å²) in [7, 11) is 0. The number of nitrogen functional groups attached to an aromatic ring is 1. The molecule has 18 heavy (non-hydrogen) atoms. The Morgan fingerprint density at radius 3 is 2.33 bits per heavy atom. The third-order valence-corrected chi connectivity index (χ3v) is 2.67. The standard InChI is InChI=1S/C13H11ClN2O2/c14-8-1-3-9(4-2-8)16-10-5-6-12(15)11(7-10)13(17)18/h1-7,16H,15H2,(H,17,18). The lowest BCUT2D eigenvalue weighted by molar-refractivity contribution is 0.0698. The fourth-order valence-corrected chi connectivity index (χ4v) is 1.65. The molecule has 4 nitrogen and oxygen atoms in total. The zero-order chi connectivity index (χ0) is 13.1. The second-order valence-electron chi connectivity index (χ2n) is 3.74. The van der Waals surface area contributed by atoms with Crippen molar-refractivity contribution in [2.45, 2.75) is 0 Å². The van der Waals surface area contributed by atoms with Crippen LogP contribution in [0.3, 0.4) is 0 Å². The first kappa shape index (κ1) is 12.3. The Labute approximate surface area is 109 Å². The molecule has 0 radical (unpaired) electrons. The van der Waals surface area contributed by atoms with Crippen molar-refractivity contribution in [2.75, 3.05) is 11.1 Å². The Kier molecular flexibility index (Phi) is 3.39. The Balaban J connectivity index is 2.27. The van der Waals surface area contributed by atoms with E-state index in [1.165, 1.54) is 6.07 Å². The third-order valence-electron chi connectivity index (χ3n) is 2.42. The van der Waals surface area contributed by atoms with Crippen LogP contribution in [0.5, 0.6) is 0 Å². The minimum atomic E-state index is -1.05. The van der Waals surface area contributed by atoms with E-state index in [2.05, 4.69) is 5.32 Å². The van der Waals surface area contributed by atoms with Crippen molar-refractivity contribution in [3.8, 4) is 0 Å². The number of rotatable bonds is 3. The lowest BCUT2D eigenvalue weighted by atomic mass is 10.1. The van der Waals surface area contributed by atoms with Gasteiger partial charge in [-0.25, -0.2) is 4.79 Å². The molecule has 0 aromatic heterocycles. The van der Waals surface area contributed by atoms with Gasteiger partial charge in [0.05, 0.1) is 5.56 Å². The molecule has 0 fully saturated rings. The van der Waals surface area contributed by atoms with Gasteiger partial charge in [-0.2, -0.15) is 0 Å². The summed E-state index contributed by atoms with van der Waals surface area (Å²) < 4.78 is 0. The number of anilines is 3. The second kappa shape index (κ2) is 4.98. The van der Waals surface area contributed by atoms with Gasteiger partial charge in [-0.15, -0.1) is 0 Å². The summed E-state index contributed by atoms with van der Waals surface area (Å²) >= 11 is 5.78. The van der Waals surface area contributed by atoms with E-state index in [4.69, 9.17) is 22.4 Å². The number of nitrogens with one attached hydrogen (secondary N) is 1. The topological polar surface area (TPSA) is 75.3 Å². The van der Waals surface area contributed by atoms with Crippen LogP contribution in [0.15, 0.2) is 42.5 Å². The molecule has 0 amide bonds. The fourth-order valence-electron chi connectivity index (χ4n) is 1.52. The van der Waals surface area contributed by atoms with Crippen LogP contribution in [0.1, 0.15) is 10.4 Å². The van der Waals surface area contributed by atoms with Gasteiger partial charge in [0.1, 0.15) is 0 Å². The van der Waals surface area contributed by atoms with Gasteiger partial charge in [0, 0.05) is 22.1 Å². The molecule has 0 aliphatic carbocycles. The molecule has 0 saturated carbocycles. The monoisotopic (exact) mass is 262 g/mol. The summed E-state index contributed by atoms with van der Waals surface area (Å²) in [6.07, 6.45) is 0. The van der Waals surface area contributed by atoms with Crippen molar-refractivity contribution < 1.29 is 9.90 Å². The quantitative estimate of drug-likeness (QED) is 0.742. The Morgan fingerprint density at radius 1 is 1.11 bits per heavy atom. The van der Waals surface area contributed by atoms with Crippen LogP contribution in [0.4, 0.5) is 17.1 Å². The fraction of sp³-hybridized carbons (Fsp3) is 0. The third kappa shape index (κ3) is 2.73. The Morgan fingerprint density at radius 2 is 1.72 bits per heavy atom. The zero-order valence-electron chi connectivity index (χ0n) is 9.35. The molecule has 2 aromatic carbocycles. The van der Waals surface area contributed by atoms with Crippen LogP contribution in [0.2, 0.25) is 5.02 Å². The van der Waals surface area contributed by atoms with Crippen LogP contribution in [0.25, 0.3) is 0 Å². The van der Waals surface area contributed by atoms with E-state index in [9.17, 15) is 4.79 Å². The van der Waals surface area contributed by atoms with E-state index < -0.39 is 5.97 Å². The highest BCUT2D eigenvalue weighted by Gasteiger charge is 2.08. The summed E-state index contributed by atoms with van der Waals surface area (Å²) in [5.74, 6) is -1.05. The molecule has 2 rings (SSSR count). The van der Waals surface area contributed by atoms with Gasteiger partial charge in [0.2, 0.25) is 0 Å². The van der Waals surface area contributed by atoms with Gasteiger partial charge < -0.3 is 16.2 Å².